The Hall–Kier alpha value is -0.910. The van der Waals surface area contributed by atoms with Gasteiger partial charge >= 0.3 is 0 Å². The zero-order valence-corrected chi connectivity index (χ0v) is 10.6. The molecule has 0 amide bonds. The zero-order chi connectivity index (χ0) is 12.1. The smallest absolute Gasteiger partial charge is 0.159 e. The van der Waals surface area contributed by atoms with Gasteiger partial charge in [0.15, 0.2) is 6.29 Å². The van der Waals surface area contributed by atoms with Crippen LogP contribution < -0.4 is 5.32 Å². The number of ether oxygens (including phenoxy) is 2. The second-order valence-electron chi connectivity index (χ2n) is 4.33. The van der Waals surface area contributed by atoms with Crippen molar-refractivity contribution in [1.29, 1.82) is 0 Å². The lowest BCUT2D eigenvalue weighted by molar-refractivity contribution is -0.0532. The Morgan fingerprint density at radius 3 is 2.88 bits per heavy atom. The molecule has 5 nitrogen and oxygen atoms in total. The summed E-state index contributed by atoms with van der Waals surface area (Å²) in [6, 6.07) is 2.25. The third kappa shape index (κ3) is 3.52. The molecule has 0 aliphatic carbocycles. The standard InChI is InChI=1S/C12H21N3O2/c1-3-5-13-11(9-12-16-7-8-17-12)10-4-6-15(2)14-10/h4,6,11-13H,3,5,7-9H2,1-2H3. The average Bonchev–Trinajstić information content (AvgIpc) is 2.95. The minimum Gasteiger partial charge on any atom is -0.350 e. The molecule has 0 saturated carbocycles. The van der Waals surface area contributed by atoms with Gasteiger partial charge in [-0.15, -0.1) is 0 Å². The molecule has 1 unspecified atom stereocenters. The monoisotopic (exact) mass is 239 g/mol. The lowest BCUT2D eigenvalue weighted by Crippen LogP contribution is -2.27. The van der Waals surface area contributed by atoms with E-state index in [4.69, 9.17) is 9.47 Å². The van der Waals surface area contributed by atoms with Crippen LogP contribution in [0, 0.1) is 0 Å². The number of hydrogen-bond acceptors (Lipinski definition) is 4. The maximum atomic E-state index is 5.49. The van der Waals surface area contributed by atoms with Crippen molar-refractivity contribution in [3.63, 3.8) is 0 Å². The van der Waals surface area contributed by atoms with Gasteiger partial charge in [-0.1, -0.05) is 6.92 Å². The molecule has 1 aromatic rings. The second kappa shape index (κ2) is 6.14. The first-order valence-electron chi connectivity index (χ1n) is 6.25. The molecule has 96 valence electrons. The fourth-order valence-corrected chi connectivity index (χ4v) is 1.98. The van der Waals surface area contributed by atoms with Gasteiger partial charge in [0.25, 0.3) is 0 Å². The van der Waals surface area contributed by atoms with Crippen molar-refractivity contribution < 1.29 is 9.47 Å². The van der Waals surface area contributed by atoms with Crippen molar-refractivity contribution in [3.8, 4) is 0 Å². The Morgan fingerprint density at radius 2 is 2.29 bits per heavy atom. The molecule has 1 N–H and O–H groups in total. The number of rotatable bonds is 6. The van der Waals surface area contributed by atoms with Gasteiger partial charge in [-0.05, 0) is 19.0 Å². The maximum Gasteiger partial charge on any atom is 0.159 e. The van der Waals surface area contributed by atoms with E-state index < -0.39 is 0 Å². The summed E-state index contributed by atoms with van der Waals surface area (Å²) in [5.74, 6) is 0. The lowest BCUT2D eigenvalue weighted by Gasteiger charge is -2.19. The van der Waals surface area contributed by atoms with Crippen molar-refractivity contribution in [2.24, 2.45) is 7.05 Å². The van der Waals surface area contributed by atoms with E-state index in [1.165, 1.54) is 0 Å². The van der Waals surface area contributed by atoms with Gasteiger partial charge in [0, 0.05) is 19.7 Å². The summed E-state index contributed by atoms with van der Waals surface area (Å²) in [7, 11) is 1.93. The molecule has 2 heterocycles. The largest absolute Gasteiger partial charge is 0.350 e. The van der Waals surface area contributed by atoms with Crippen LogP contribution in [0.2, 0.25) is 0 Å². The molecule has 1 saturated heterocycles. The van der Waals surface area contributed by atoms with Crippen molar-refractivity contribution in [1.82, 2.24) is 15.1 Å². The van der Waals surface area contributed by atoms with Gasteiger partial charge < -0.3 is 14.8 Å². The third-order valence-corrected chi connectivity index (χ3v) is 2.85. The van der Waals surface area contributed by atoms with E-state index >= 15 is 0 Å². The molecule has 0 bridgehead atoms. The van der Waals surface area contributed by atoms with E-state index in [1.54, 1.807) is 0 Å². The molecule has 1 aliphatic rings. The van der Waals surface area contributed by atoms with Crippen LogP contribution in [0.5, 0.6) is 0 Å². The third-order valence-electron chi connectivity index (χ3n) is 2.85. The number of aryl methyl sites for hydroxylation is 1. The molecule has 1 aliphatic heterocycles. The second-order valence-corrected chi connectivity index (χ2v) is 4.33. The summed E-state index contributed by atoms with van der Waals surface area (Å²) >= 11 is 0. The predicted octanol–water partition coefficient (Wildman–Crippen LogP) is 1.22. The van der Waals surface area contributed by atoms with Crippen molar-refractivity contribution in [2.45, 2.75) is 32.1 Å². The van der Waals surface area contributed by atoms with Crippen LogP contribution in [-0.4, -0.2) is 35.8 Å². The van der Waals surface area contributed by atoms with E-state index in [0.717, 1.165) is 25.1 Å². The minimum atomic E-state index is -0.0913. The average molecular weight is 239 g/mol. The van der Waals surface area contributed by atoms with Crippen molar-refractivity contribution in [3.05, 3.63) is 18.0 Å². The molecular weight excluding hydrogens is 218 g/mol. The SMILES string of the molecule is CCCNC(CC1OCCO1)c1ccn(C)n1. The highest BCUT2D eigenvalue weighted by Gasteiger charge is 2.23. The molecule has 0 radical (unpaired) electrons. The van der Waals surface area contributed by atoms with Gasteiger partial charge in [0.05, 0.1) is 24.9 Å². The fourth-order valence-electron chi connectivity index (χ4n) is 1.98. The summed E-state index contributed by atoms with van der Waals surface area (Å²) in [5, 5.41) is 7.94. The summed E-state index contributed by atoms with van der Waals surface area (Å²) in [6.07, 6.45) is 3.80. The molecule has 17 heavy (non-hydrogen) atoms. The molecule has 0 aromatic carbocycles. The van der Waals surface area contributed by atoms with Crippen LogP contribution in [0.1, 0.15) is 31.5 Å². The quantitative estimate of drug-likeness (QED) is 0.811. The number of hydrogen-bond donors (Lipinski definition) is 1. The number of nitrogens with one attached hydrogen (secondary N) is 1. The summed E-state index contributed by atoms with van der Waals surface area (Å²) < 4.78 is 12.8. The van der Waals surface area contributed by atoms with Gasteiger partial charge in [0.2, 0.25) is 0 Å². The summed E-state index contributed by atoms with van der Waals surface area (Å²) in [4.78, 5) is 0. The van der Waals surface area contributed by atoms with E-state index in [2.05, 4.69) is 17.3 Å². The molecule has 1 fully saturated rings. The van der Waals surface area contributed by atoms with E-state index in [1.807, 2.05) is 24.0 Å². The maximum absolute atomic E-state index is 5.49. The normalized spacial score (nSPS) is 18.7. The first-order chi connectivity index (χ1) is 8.29. The number of aromatic nitrogens is 2. The van der Waals surface area contributed by atoms with Crippen LogP contribution in [0.4, 0.5) is 0 Å². The van der Waals surface area contributed by atoms with Crippen molar-refractivity contribution in [2.75, 3.05) is 19.8 Å². The Bertz CT molecular complexity index is 334. The van der Waals surface area contributed by atoms with Crippen LogP contribution in [0.3, 0.4) is 0 Å². The lowest BCUT2D eigenvalue weighted by atomic mass is 10.1. The van der Waals surface area contributed by atoms with E-state index in [9.17, 15) is 0 Å². The fraction of sp³-hybridized carbons (Fsp3) is 0.750. The minimum absolute atomic E-state index is 0.0913. The highest BCUT2D eigenvalue weighted by atomic mass is 16.7. The summed E-state index contributed by atoms with van der Waals surface area (Å²) in [5.41, 5.74) is 1.06. The Labute approximate surface area is 102 Å². The highest BCUT2D eigenvalue weighted by Crippen LogP contribution is 2.20. The van der Waals surface area contributed by atoms with Gasteiger partial charge in [-0.3, -0.25) is 4.68 Å². The van der Waals surface area contributed by atoms with Gasteiger partial charge in [-0.2, -0.15) is 5.10 Å². The van der Waals surface area contributed by atoms with Gasteiger partial charge in [0.1, 0.15) is 0 Å². The van der Waals surface area contributed by atoms with E-state index in [0.29, 0.717) is 13.2 Å². The van der Waals surface area contributed by atoms with Crippen molar-refractivity contribution >= 4 is 0 Å². The van der Waals surface area contributed by atoms with Crippen LogP contribution >= 0.6 is 0 Å². The zero-order valence-electron chi connectivity index (χ0n) is 10.6. The molecule has 1 aromatic heterocycles. The van der Waals surface area contributed by atoms with Crippen LogP contribution in [0.25, 0.3) is 0 Å². The van der Waals surface area contributed by atoms with Gasteiger partial charge in [-0.25, -0.2) is 0 Å². The predicted molar refractivity (Wildman–Crippen MR) is 64.6 cm³/mol. The molecule has 0 spiro atoms. The Morgan fingerprint density at radius 1 is 1.53 bits per heavy atom. The number of nitrogens with zero attached hydrogens (tertiary/aromatic N) is 2. The van der Waals surface area contributed by atoms with E-state index in [-0.39, 0.29) is 12.3 Å². The molecule has 2 rings (SSSR count). The first kappa shape index (κ1) is 12.5. The molecule has 5 heteroatoms. The topological polar surface area (TPSA) is 48.3 Å². The van der Waals surface area contributed by atoms with Crippen LogP contribution in [-0.2, 0) is 16.5 Å². The molecule has 1 atom stereocenters. The molecular formula is C12H21N3O2. The Kier molecular flexibility index (Phi) is 4.53. The van der Waals surface area contributed by atoms with Crippen LogP contribution in [0.15, 0.2) is 12.3 Å². The Balaban J connectivity index is 1.96. The first-order valence-corrected chi connectivity index (χ1v) is 6.25. The summed E-state index contributed by atoms with van der Waals surface area (Å²) in [6.45, 7) is 4.54. The highest BCUT2D eigenvalue weighted by molar-refractivity contribution is 5.05.